The van der Waals surface area contributed by atoms with Crippen LogP contribution in [0.5, 0.6) is 0 Å². The van der Waals surface area contributed by atoms with E-state index >= 15 is 0 Å². The monoisotopic (exact) mass is 199 g/mol. The normalized spacial score (nSPS) is 27.9. The molecule has 0 spiro atoms. The molecule has 1 heterocycles. The molecular formula is C11H21NO2. The van der Waals surface area contributed by atoms with Gasteiger partial charge in [0.15, 0.2) is 0 Å². The minimum Gasteiger partial charge on any atom is -0.355 e. The molecule has 2 aliphatic rings. The maximum absolute atomic E-state index is 5.43. The van der Waals surface area contributed by atoms with Gasteiger partial charge in [0.25, 0.3) is 0 Å². The summed E-state index contributed by atoms with van der Waals surface area (Å²) in [6.07, 6.45) is 7.11. The number of hydrogen-bond donors (Lipinski definition) is 1. The summed E-state index contributed by atoms with van der Waals surface area (Å²) in [7, 11) is 0. The zero-order chi connectivity index (χ0) is 9.64. The third-order valence-corrected chi connectivity index (χ3v) is 3.01. The Bertz CT molecular complexity index is 153. The minimum absolute atomic E-state index is 0.379. The second kappa shape index (κ2) is 5.69. The van der Waals surface area contributed by atoms with Gasteiger partial charge in [-0.1, -0.05) is 12.8 Å². The Labute approximate surface area is 86.2 Å². The summed E-state index contributed by atoms with van der Waals surface area (Å²) in [6, 6.07) is 0. The third kappa shape index (κ3) is 3.95. The first-order valence-electron chi connectivity index (χ1n) is 5.85. The number of nitrogens with one attached hydrogen (secondary N) is 1. The lowest BCUT2D eigenvalue weighted by Crippen LogP contribution is -2.34. The van der Waals surface area contributed by atoms with Crippen molar-refractivity contribution in [3.63, 3.8) is 0 Å². The van der Waals surface area contributed by atoms with Gasteiger partial charge in [-0.2, -0.15) is 0 Å². The standard InChI is InChI=1S/C11H21NO2/c1(2-10-3-4-10)6-12-8-11-5-7-13-9-14-11/h10-12H,1-9H2. The van der Waals surface area contributed by atoms with Crippen LogP contribution in [0.1, 0.15) is 32.1 Å². The molecule has 0 bridgehead atoms. The van der Waals surface area contributed by atoms with Crippen molar-refractivity contribution in [1.29, 1.82) is 0 Å². The second-order valence-electron chi connectivity index (χ2n) is 4.39. The van der Waals surface area contributed by atoms with Gasteiger partial charge in [0.1, 0.15) is 6.79 Å². The lowest BCUT2D eigenvalue weighted by molar-refractivity contribution is -0.137. The lowest BCUT2D eigenvalue weighted by atomic mass is 10.2. The Kier molecular flexibility index (Phi) is 4.22. The van der Waals surface area contributed by atoms with Crippen molar-refractivity contribution in [1.82, 2.24) is 5.32 Å². The van der Waals surface area contributed by atoms with E-state index in [0.717, 1.165) is 32.0 Å². The fourth-order valence-electron chi connectivity index (χ4n) is 1.85. The number of rotatable bonds is 6. The first-order valence-corrected chi connectivity index (χ1v) is 5.85. The van der Waals surface area contributed by atoms with E-state index in [1.54, 1.807) is 0 Å². The number of hydrogen-bond acceptors (Lipinski definition) is 3. The van der Waals surface area contributed by atoms with E-state index in [4.69, 9.17) is 9.47 Å². The maximum atomic E-state index is 5.43. The molecule has 1 saturated carbocycles. The number of ether oxygens (including phenoxy) is 2. The molecule has 1 atom stereocenters. The van der Waals surface area contributed by atoms with Crippen LogP contribution >= 0.6 is 0 Å². The Hall–Kier alpha value is -0.120. The third-order valence-electron chi connectivity index (χ3n) is 3.01. The first-order chi connectivity index (χ1) is 6.95. The Morgan fingerprint density at radius 3 is 2.86 bits per heavy atom. The molecular weight excluding hydrogens is 178 g/mol. The van der Waals surface area contributed by atoms with Crippen LogP contribution in [0.4, 0.5) is 0 Å². The minimum atomic E-state index is 0.379. The molecule has 0 aromatic heterocycles. The van der Waals surface area contributed by atoms with Crippen LogP contribution in [0.25, 0.3) is 0 Å². The maximum Gasteiger partial charge on any atom is 0.147 e. The Morgan fingerprint density at radius 2 is 2.14 bits per heavy atom. The smallest absolute Gasteiger partial charge is 0.147 e. The molecule has 0 amide bonds. The summed E-state index contributed by atoms with van der Waals surface area (Å²) in [6.45, 7) is 3.48. The van der Waals surface area contributed by atoms with Crippen LogP contribution in [0.3, 0.4) is 0 Å². The molecule has 82 valence electrons. The molecule has 3 heteroatoms. The molecule has 3 nitrogen and oxygen atoms in total. The second-order valence-corrected chi connectivity index (χ2v) is 4.39. The van der Waals surface area contributed by atoms with Crippen molar-refractivity contribution in [2.24, 2.45) is 5.92 Å². The van der Waals surface area contributed by atoms with Crippen molar-refractivity contribution < 1.29 is 9.47 Å². The topological polar surface area (TPSA) is 30.5 Å². The van der Waals surface area contributed by atoms with E-state index in [1.807, 2.05) is 0 Å². The van der Waals surface area contributed by atoms with E-state index in [-0.39, 0.29) is 0 Å². The summed E-state index contributed by atoms with van der Waals surface area (Å²) in [5.41, 5.74) is 0. The van der Waals surface area contributed by atoms with E-state index in [9.17, 15) is 0 Å². The van der Waals surface area contributed by atoms with Crippen LogP contribution in [0.15, 0.2) is 0 Å². The van der Waals surface area contributed by atoms with Gasteiger partial charge in [-0.05, 0) is 31.7 Å². The lowest BCUT2D eigenvalue weighted by Gasteiger charge is -2.22. The highest BCUT2D eigenvalue weighted by Gasteiger charge is 2.20. The average molecular weight is 199 g/mol. The van der Waals surface area contributed by atoms with Crippen LogP contribution in [0, 0.1) is 5.92 Å². The molecule has 1 saturated heterocycles. The van der Waals surface area contributed by atoms with Crippen LogP contribution in [-0.4, -0.2) is 32.6 Å². The molecule has 1 aliphatic heterocycles. The average Bonchev–Trinajstić information content (AvgIpc) is 3.03. The van der Waals surface area contributed by atoms with Crippen LogP contribution < -0.4 is 5.32 Å². The van der Waals surface area contributed by atoms with Gasteiger partial charge < -0.3 is 14.8 Å². The fourth-order valence-corrected chi connectivity index (χ4v) is 1.85. The highest BCUT2D eigenvalue weighted by Crippen LogP contribution is 2.33. The SMILES string of the molecule is C(CNCC1CCOCO1)CC1CC1. The largest absolute Gasteiger partial charge is 0.355 e. The van der Waals surface area contributed by atoms with Gasteiger partial charge in [-0.3, -0.25) is 0 Å². The summed E-state index contributed by atoms with van der Waals surface area (Å²) >= 11 is 0. The molecule has 0 aromatic rings. The van der Waals surface area contributed by atoms with Gasteiger partial charge in [-0.15, -0.1) is 0 Å². The molecule has 0 radical (unpaired) electrons. The Morgan fingerprint density at radius 1 is 1.21 bits per heavy atom. The molecule has 2 rings (SSSR count). The van der Waals surface area contributed by atoms with Gasteiger partial charge in [0, 0.05) is 6.54 Å². The van der Waals surface area contributed by atoms with Crippen LogP contribution in [-0.2, 0) is 9.47 Å². The van der Waals surface area contributed by atoms with Crippen molar-refractivity contribution in [3.05, 3.63) is 0 Å². The highest BCUT2D eigenvalue weighted by molar-refractivity contribution is 4.73. The van der Waals surface area contributed by atoms with Gasteiger partial charge in [-0.25, -0.2) is 0 Å². The fraction of sp³-hybridized carbons (Fsp3) is 1.00. The van der Waals surface area contributed by atoms with Crippen LogP contribution in [0.2, 0.25) is 0 Å². The highest BCUT2D eigenvalue weighted by atomic mass is 16.7. The molecule has 1 N–H and O–H groups in total. The van der Waals surface area contributed by atoms with Crippen molar-refractivity contribution >= 4 is 0 Å². The zero-order valence-electron chi connectivity index (χ0n) is 8.84. The zero-order valence-corrected chi connectivity index (χ0v) is 8.84. The van der Waals surface area contributed by atoms with Gasteiger partial charge in [0.05, 0.1) is 12.7 Å². The quantitative estimate of drug-likeness (QED) is 0.658. The summed E-state index contributed by atoms with van der Waals surface area (Å²) in [5, 5.41) is 3.46. The van der Waals surface area contributed by atoms with Crippen molar-refractivity contribution in [3.8, 4) is 0 Å². The van der Waals surface area contributed by atoms with E-state index in [1.165, 1.54) is 25.7 Å². The van der Waals surface area contributed by atoms with E-state index in [2.05, 4.69) is 5.32 Å². The molecule has 1 aliphatic carbocycles. The molecule has 1 unspecified atom stereocenters. The predicted octanol–water partition coefficient (Wildman–Crippen LogP) is 1.53. The first kappa shape index (κ1) is 10.4. The van der Waals surface area contributed by atoms with E-state index in [0.29, 0.717) is 12.9 Å². The van der Waals surface area contributed by atoms with E-state index < -0.39 is 0 Å². The van der Waals surface area contributed by atoms with Crippen molar-refractivity contribution in [2.45, 2.75) is 38.2 Å². The molecule has 2 fully saturated rings. The van der Waals surface area contributed by atoms with Crippen molar-refractivity contribution in [2.75, 3.05) is 26.5 Å². The predicted molar refractivity (Wildman–Crippen MR) is 55.1 cm³/mol. The Balaban J connectivity index is 1.41. The van der Waals surface area contributed by atoms with Gasteiger partial charge >= 0.3 is 0 Å². The molecule has 14 heavy (non-hydrogen) atoms. The summed E-state index contributed by atoms with van der Waals surface area (Å²) in [4.78, 5) is 0. The summed E-state index contributed by atoms with van der Waals surface area (Å²) in [5.74, 6) is 1.07. The summed E-state index contributed by atoms with van der Waals surface area (Å²) < 4.78 is 10.6. The molecule has 0 aromatic carbocycles. The van der Waals surface area contributed by atoms with Gasteiger partial charge in [0.2, 0.25) is 0 Å².